The highest BCUT2D eigenvalue weighted by molar-refractivity contribution is 5.82. The quantitative estimate of drug-likeness (QED) is 0.680. The van der Waals surface area contributed by atoms with Crippen molar-refractivity contribution in [1.29, 1.82) is 0 Å². The van der Waals surface area contributed by atoms with Gasteiger partial charge in [-0.25, -0.2) is 0 Å². The molecule has 0 spiro atoms. The molecule has 5 nitrogen and oxygen atoms in total. The lowest BCUT2D eigenvalue weighted by atomic mass is 10.1. The number of rotatable bonds is 5. The van der Waals surface area contributed by atoms with Gasteiger partial charge in [-0.2, -0.15) is 0 Å². The molecule has 1 atom stereocenters. The molecule has 16 heavy (non-hydrogen) atoms. The van der Waals surface area contributed by atoms with Crippen molar-refractivity contribution >= 4 is 11.9 Å². The first kappa shape index (κ1) is 13.0. The van der Waals surface area contributed by atoms with Crippen LogP contribution in [0.4, 0.5) is 0 Å². The van der Waals surface area contributed by atoms with Gasteiger partial charge in [-0.3, -0.25) is 14.5 Å². The van der Waals surface area contributed by atoms with E-state index in [1.807, 2.05) is 6.92 Å². The van der Waals surface area contributed by atoms with Gasteiger partial charge in [0, 0.05) is 19.5 Å². The Hall–Kier alpha value is -1.10. The Bertz CT molecular complexity index is 256. The van der Waals surface area contributed by atoms with Gasteiger partial charge in [0.2, 0.25) is 5.91 Å². The van der Waals surface area contributed by atoms with E-state index in [9.17, 15) is 9.59 Å². The Labute approximate surface area is 96.1 Å². The summed E-state index contributed by atoms with van der Waals surface area (Å²) in [6.45, 7) is 4.35. The molecule has 1 fully saturated rings. The van der Waals surface area contributed by atoms with Gasteiger partial charge in [0.15, 0.2) is 0 Å². The average molecular weight is 228 g/mol. The van der Waals surface area contributed by atoms with E-state index < -0.39 is 0 Å². The predicted molar refractivity (Wildman–Crippen MR) is 59.9 cm³/mol. The summed E-state index contributed by atoms with van der Waals surface area (Å²) in [5.41, 5.74) is 0. The largest absolute Gasteiger partial charge is 0.469 e. The lowest BCUT2D eigenvalue weighted by molar-refractivity contribution is -0.140. The molecule has 92 valence electrons. The Kier molecular flexibility index (Phi) is 5.25. The van der Waals surface area contributed by atoms with Crippen LogP contribution < -0.4 is 5.32 Å². The summed E-state index contributed by atoms with van der Waals surface area (Å²) in [6.07, 6.45) is 1.98. The number of methoxy groups -OCH3 is 1. The fourth-order valence-corrected chi connectivity index (χ4v) is 2.00. The van der Waals surface area contributed by atoms with Crippen LogP contribution in [0.3, 0.4) is 0 Å². The SMILES string of the molecule is CCC1C(=O)NCCN1CCCC(=O)OC. The molecule has 0 aliphatic carbocycles. The zero-order chi connectivity index (χ0) is 12.0. The van der Waals surface area contributed by atoms with Crippen LogP contribution in [0.5, 0.6) is 0 Å². The summed E-state index contributed by atoms with van der Waals surface area (Å²) in [5, 5.41) is 2.85. The van der Waals surface area contributed by atoms with Gasteiger partial charge < -0.3 is 10.1 Å². The lowest BCUT2D eigenvalue weighted by Gasteiger charge is -2.34. The van der Waals surface area contributed by atoms with Crippen LogP contribution in [0.2, 0.25) is 0 Å². The Morgan fingerprint density at radius 1 is 1.62 bits per heavy atom. The molecule has 1 amide bonds. The van der Waals surface area contributed by atoms with Crippen LogP contribution in [0.1, 0.15) is 26.2 Å². The number of hydrogen-bond donors (Lipinski definition) is 1. The molecule has 0 aromatic rings. The van der Waals surface area contributed by atoms with Crippen LogP contribution >= 0.6 is 0 Å². The number of piperazine rings is 1. The molecule has 1 heterocycles. The Morgan fingerprint density at radius 3 is 3.00 bits per heavy atom. The van der Waals surface area contributed by atoms with E-state index in [-0.39, 0.29) is 17.9 Å². The van der Waals surface area contributed by atoms with Gasteiger partial charge in [-0.05, 0) is 19.4 Å². The number of carbonyl (C=O) groups is 2. The molecule has 0 aromatic carbocycles. The summed E-state index contributed by atoms with van der Waals surface area (Å²) in [7, 11) is 1.39. The third kappa shape index (κ3) is 3.48. The smallest absolute Gasteiger partial charge is 0.305 e. The fourth-order valence-electron chi connectivity index (χ4n) is 2.00. The first-order chi connectivity index (χ1) is 7.69. The summed E-state index contributed by atoms with van der Waals surface area (Å²) in [4.78, 5) is 24.6. The second-order valence-corrected chi connectivity index (χ2v) is 3.93. The van der Waals surface area contributed by atoms with E-state index in [4.69, 9.17) is 0 Å². The molecule has 1 rings (SSSR count). The highest BCUT2D eigenvalue weighted by Crippen LogP contribution is 2.09. The Balaban J connectivity index is 2.34. The fraction of sp³-hybridized carbons (Fsp3) is 0.818. The molecule has 1 aliphatic rings. The zero-order valence-corrected chi connectivity index (χ0v) is 9.99. The zero-order valence-electron chi connectivity index (χ0n) is 9.99. The molecule has 5 heteroatoms. The Morgan fingerprint density at radius 2 is 2.38 bits per heavy atom. The summed E-state index contributed by atoms with van der Waals surface area (Å²) < 4.78 is 4.58. The minimum atomic E-state index is -0.186. The van der Waals surface area contributed by atoms with Gasteiger partial charge >= 0.3 is 5.97 Å². The number of carbonyl (C=O) groups excluding carboxylic acids is 2. The number of nitrogens with zero attached hydrogens (tertiary/aromatic N) is 1. The highest BCUT2D eigenvalue weighted by Gasteiger charge is 2.27. The summed E-state index contributed by atoms with van der Waals surface area (Å²) >= 11 is 0. The van der Waals surface area contributed by atoms with Gasteiger partial charge in [0.1, 0.15) is 0 Å². The van der Waals surface area contributed by atoms with Crippen LogP contribution in [0.15, 0.2) is 0 Å². The van der Waals surface area contributed by atoms with Crippen LogP contribution in [-0.2, 0) is 14.3 Å². The second kappa shape index (κ2) is 6.48. The summed E-state index contributed by atoms with van der Waals surface area (Å²) in [6, 6.07) is -0.0357. The molecule has 1 N–H and O–H groups in total. The highest BCUT2D eigenvalue weighted by atomic mass is 16.5. The minimum Gasteiger partial charge on any atom is -0.469 e. The first-order valence-electron chi connectivity index (χ1n) is 5.77. The average Bonchev–Trinajstić information content (AvgIpc) is 2.29. The third-order valence-electron chi connectivity index (χ3n) is 2.88. The van der Waals surface area contributed by atoms with Crippen molar-refractivity contribution < 1.29 is 14.3 Å². The van der Waals surface area contributed by atoms with Gasteiger partial charge in [-0.1, -0.05) is 6.92 Å². The maximum atomic E-state index is 11.5. The standard InChI is InChI=1S/C11H20N2O3/c1-3-9-11(15)12-6-8-13(9)7-4-5-10(14)16-2/h9H,3-8H2,1-2H3,(H,12,15). The van der Waals surface area contributed by atoms with Gasteiger partial charge in [0.25, 0.3) is 0 Å². The number of amides is 1. The van der Waals surface area contributed by atoms with Crippen LogP contribution in [0, 0.1) is 0 Å². The van der Waals surface area contributed by atoms with Crippen molar-refractivity contribution in [3.63, 3.8) is 0 Å². The number of esters is 1. The van der Waals surface area contributed by atoms with E-state index in [1.54, 1.807) is 0 Å². The van der Waals surface area contributed by atoms with Gasteiger partial charge in [0.05, 0.1) is 13.2 Å². The maximum Gasteiger partial charge on any atom is 0.305 e. The molecule has 0 saturated carbocycles. The molecule has 1 aliphatic heterocycles. The van der Waals surface area contributed by atoms with Gasteiger partial charge in [-0.15, -0.1) is 0 Å². The van der Waals surface area contributed by atoms with Crippen molar-refractivity contribution in [2.75, 3.05) is 26.7 Å². The molecular formula is C11H20N2O3. The predicted octanol–water partition coefficient (Wildman–Crippen LogP) is 0.150. The lowest BCUT2D eigenvalue weighted by Crippen LogP contribution is -2.55. The van der Waals surface area contributed by atoms with Crippen molar-refractivity contribution in [3.05, 3.63) is 0 Å². The minimum absolute atomic E-state index is 0.0357. The van der Waals surface area contributed by atoms with E-state index in [0.717, 1.165) is 25.9 Å². The molecule has 0 radical (unpaired) electrons. The molecular weight excluding hydrogens is 208 g/mol. The van der Waals surface area contributed by atoms with Crippen molar-refractivity contribution in [3.8, 4) is 0 Å². The van der Waals surface area contributed by atoms with E-state index in [0.29, 0.717) is 13.0 Å². The maximum absolute atomic E-state index is 11.5. The van der Waals surface area contributed by atoms with E-state index in [1.165, 1.54) is 7.11 Å². The molecule has 0 bridgehead atoms. The third-order valence-corrected chi connectivity index (χ3v) is 2.88. The summed E-state index contributed by atoms with van der Waals surface area (Å²) in [5.74, 6) is -0.0821. The first-order valence-corrected chi connectivity index (χ1v) is 5.77. The topological polar surface area (TPSA) is 58.6 Å². The second-order valence-electron chi connectivity index (χ2n) is 3.93. The number of ether oxygens (including phenoxy) is 1. The molecule has 1 saturated heterocycles. The molecule has 1 unspecified atom stereocenters. The van der Waals surface area contributed by atoms with Crippen molar-refractivity contribution in [2.24, 2.45) is 0 Å². The number of hydrogen-bond acceptors (Lipinski definition) is 4. The van der Waals surface area contributed by atoms with Crippen molar-refractivity contribution in [2.45, 2.75) is 32.2 Å². The van der Waals surface area contributed by atoms with Crippen LogP contribution in [-0.4, -0.2) is 49.6 Å². The van der Waals surface area contributed by atoms with Crippen LogP contribution in [0.25, 0.3) is 0 Å². The van der Waals surface area contributed by atoms with E-state index in [2.05, 4.69) is 15.0 Å². The van der Waals surface area contributed by atoms with E-state index >= 15 is 0 Å². The monoisotopic (exact) mass is 228 g/mol. The number of nitrogens with one attached hydrogen (secondary N) is 1. The normalized spacial score (nSPS) is 21.6. The molecule has 0 aromatic heterocycles. The van der Waals surface area contributed by atoms with Crippen molar-refractivity contribution in [1.82, 2.24) is 10.2 Å².